The van der Waals surface area contributed by atoms with Gasteiger partial charge < -0.3 is 10.6 Å². The molecule has 17 heavy (non-hydrogen) atoms. The zero-order valence-corrected chi connectivity index (χ0v) is 10.7. The molecule has 0 radical (unpaired) electrons. The van der Waals surface area contributed by atoms with Gasteiger partial charge in [-0.05, 0) is 38.3 Å². The summed E-state index contributed by atoms with van der Waals surface area (Å²) in [5.74, 6) is 0.172. The fraction of sp³-hybridized carbons (Fsp3) is 0.500. The first-order valence-electron chi connectivity index (χ1n) is 6.35. The topological polar surface area (TPSA) is 53.1 Å². The summed E-state index contributed by atoms with van der Waals surface area (Å²) in [6.07, 6.45) is 3.66. The third kappa shape index (κ3) is 2.60. The zero-order chi connectivity index (χ0) is 12.4. The van der Waals surface area contributed by atoms with E-state index in [1.54, 1.807) is 0 Å². The summed E-state index contributed by atoms with van der Waals surface area (Å²) in [5.41, 5.74) is 8.86. The largest absolute Gasteiger partial charge is 0.384 e. The van der Waals surface area contributed by atoms with Gasteiger partial charge in [-0.15, -0.1) is 0 Å². The molecule has 0 atom stereocenters. The van der Waals surface area contributed by atoms with Gasteiger partial charge in [0.25, 0.3) is 0 Å². The van der Waals surface area contributed by atoms with Gasteiger partial charge in [0.2, 0.25) is 0 Å². The quantitative estimate of drug-likeness (QED) is 0.604. The van der Waals surface area contributed by atoms with Crippen LogP contribution in [0.2, 0.25) is 0 Å². The highest BCUT2D eigenvalue weighted by molar-refractivity contribution is 6.00. The lowest BCUT2D eigenvalue weighted by Gasteiger charge is -2.26. The maximum absolute atomic E-state index is 7.71. The van der Waals surface area contributed by atoms with Crippen LogP contribution in [0.25, 0.3) is 0 Å². The second-order valence-electron chi connectivity index (χ2n) is 4.86. The van der Waals surface area contributed by atoms with Crippen LogP contribution in [-0.2, 0) is 0 Å². The molecule has 1 fully saturated rings. The predicted molar refractivity (Wildman–Crippen MR) is 72.9 cm³/mol. The van der Waals surface area contributed by atoms with Gasteiger partial charge >= 0.3 is 0 Å². The van der Waals surface area contributed by atoms with Crippen molar-refractivity contribution in [3.63, 3.8) is 0 Å². The van der Waals surface area contributed by atoms with E-state index in [-0.39, 0.29) is 5.84 Å². The van der Waals surface area contributed by atoms with Crippen molar-refractivity contribution in [2.45, 2.75) is 39.2 Å². The van der Waals surface area contributed by atoms with Crippen LogP contribution < -0.4 is 10.6 Å². The monoisotopic (exact) mass is 231 g/mol. The van der Waals surface area contributed by atoms with E-state index in [9.17, 15) is 0 Å². The summed E-state index contributed by atoms with van der Waals surface area (Å²) in [6.45, 7) is 5.28. The van der Waals surface area contributed by atoms with Crippen molar-refractivity contribution in [1.82, 2.24) is 0 Å². The molecule has 1 saturated carbocycles. The highest BCUT2D eigenvalue weighted by Crippen LogP contribution is 2.34. The molecule has 1 aromatic carbocycles. The summed E-state index contributed by atoms with van der Waals surface area (Å²) in [4.78, 5) is 2.41. The lowest BCUT2D eigenvalue weighted by Crippen LogP contribution is -2.29. The van der Waals surface area contributed by atoms with Crippen molar-refractivity contribution in [2.24, 2.45) is 5.73 Å². The number of nitrogen functional groups attached to an aromatic ring is 1. The van der Waals surface area contributed by atoms with Crippen LogP contribution in [0.1, 0.15) is 37.3 Å². The minimum atomic E-state index is 0.172. The SMILES string of the molecule is CCCN(c1ccc(C)cc1C(=N)N)C1CC1. The van der Waals surface area contributed by atoms with Gasteiger partial charge in [-0.1, -0.05) is 18.6 Å². The lowest BCUT2D eigenvalue weighted by atomic mass is 10.1. The first kappa shape index (κ1) is 12.0. The molecule has 0 heterocycles. The molecule has 92 valence electrons. The first-order chi connectivity index (χ1) is 8.13. The summed E-state index contributed by atoms with van der Waals surface area (Å²) in [6, 6.07) is 6.89. The molecular weight excluding hydrogens is 210 g/mol. The fourth-order valence-electron chi connectivity index (χ4n) is 2.24. The second kappa shape index (κ2) is 4.78. The second-order valence-corrected chi connectivity index (χ2v) is 4.86. The Hall–Kier alpha value is -1.51. The van der Waals surface area contributed by atoms with Gasteiger partial charge in [0, 0.05) is 23.8 Å². The zero-order valence-electron chi connectivity index (χ0n) is 10.7. The van der Waals surface area contributed by atoms with E-state index in [1.165, 1.54) is 12.8 Å². The van der Waals surface area contributed by atoms with Crippen molar-refractivity contribution in [1.29, 1.82) is 5.41 Å². The molecule has 2 rings (SSSR count). The predicted octanol–water partition coefficient (Wildman–Crippen LogP) is 2.66. The Labute approximate surface area is 103 Å². The number of hydrogen-bond acceptors (Lipinski definition) is 2. The van der Waals surface area contributed by atoms with Crippen molar-refractivity contribution >= 4 is 11.5 Å². The molecular formula is C14H21N3. The van der Waals surface area contributed by atoms with Crippen LogP contribution in [0.15, 0.2) is 18.2 Å². The maximum Gasteiger partial charge on any atom is 0.124 e. The van der Waals surface area contributed by atoms with Gasteiger partial charge in [0.15, 0.2) is 0 Å². The van der Waals surface area contributed by atoms with E-state index in [0.717, 1.165) is 29.8 Å². The van der Waals surface area contributed by atoms with Crippen LogP contribution in [-0.4, -0.2) is 18.4 Å². The summed E-state index contributed by atoms with van der Waals surface area (Å²) in [5, 5.41) is 7.71. The summed E-state index contributed by atoms with van der Waals surface area (Å²) in [7, 11) is 0. The molecule has 0 bridgehead atoms. The first-order valence-corrected chi connectivity index (χ1v) is 6.35. The van der Waals surface area contributed by atoms with Crippen molar-refractivity contribution in [3.05, 3.63) is 29.3 Å². The summed E-state index contributed by atoms with van der Waals surface area (Å²) >= 11 is 0. The number of amidine groups is 1. The van der Waals surface area contributed by atoms with Crippen LogP contribution >= 0.6 is 0 Å². The normalized spacial score (nSPS) is 14.7. The van der Waals surface area contributed by atoms with Crippen LogP contribution in [0.4, 0.5) is 5.69 Å². The summed E-state index contributed by atoms with van der Waals surface area (Å²) < 4.78 is 0. The van der Waals surface area contributed by atoms with E-state index in [4.69, 9.17) is 11.1 Å². The van der Waals surface area contributed by atoms with Crippen LogP contribution in [0, 0.1) is 12.3 Å². The highest BCUT2D eigenvalue weighted by atomic mass is 15.2. The van der Waals surface area contributed by atoms with Crippen molar-refractivity contribution in [3.8, 4) is 0 Å². The van der Waals surface area contributed by atoms with E-state index in [0.29, 0.717) is 6.04 Å². The van der Waals surface area contributed by atoms with Gasteiger partial charge in [0.1, 0.15) is 5.84 Å². The number of hydrogen-bond donors (Lipinski definition) is 2. The fourth-order valence-corrected chi connectivity index (χ4v) is 2.24. The molecule has 0 spiro atoms. The number of rotatable bonds is 5. The van der Waals surface area contributed by atoms with Crippen LogP contribution in [0.5, 0.6) is 0 Å². The van der Waals surface area contributed by atoms with Gasteiger partial charge in [0.05, 0.1) is 0 Å². The standard InChI is InChI=1S/C14H21N3/c1-3-8-17(11-5-6-11)13-7-4-10(2)9-12(13)14(15)16/h4,7,9,11H,3,5-6,8H2,1-2H3,(H3,15,16). The number of nitrogens with two attached hydrogens (primary N) is 1. The third-order valence-corrected chi connectivity index (χ3v) is 3.20. The molecule has 3 nitrogen and oxygen atoms in total. The molecule has 0 amide bonds. The smallest absolute Gasteiger partial charge is 0.124 e. The molecule has 3 heteroatoms. The number of nitrogens with one attached hydrogen (secondary N) is 1. The molecule has 1 aliphatic rings. The Morgan fingerprint density at radius 1 is 1.47 bits per heavy atom. The lowest BCUT2D eigenvalue weighted by molar-refractivity contribution is 0.762. The third-order valence-electron chi connectivity index (χ3n) is 3.20. The van der Waals surface area contributed by atoms with E-state index >= 15 is 0 Å². The Kier molecular flexibility index (Phi) is 3.36. The van der Waals surface area contributed by atoms with Crippen LogP contribution in [0.3, 0.4) is 0 Å². The molecule has 0 aromatic heterocycles. The van der Waals surface area contributed by atoms with Gasteiger partial charge in [-0.25, -0.2) is 0 Å². The Balaban J connectivity index is 2.37. The number of aryl methyl sites for hydroxylation is 1. The maximum atomic E-state index is 7.71. The minimum Gasteiger partial charge on any atom is -0.384 e. The molecule has 0 aliphatic heterocycles. The van der Waals surface area contributed by atoms with E-state index in [1.807, 2.05) is 13.0 Å². The molecule has 0 saturated heterocycles. The number of benzene rings is 1. The molecule has 3 N–H and O–H groups in total. The molecule has 0 unspecified atom stereocenters. The van der Waals surface area contributed by atoms with Gasteiger partial charge in [-0.2, -0.15) is 0 Å². The van der Waals surface area contributed by atoms with Gasteiger partial charge in [-0.3, -0.25) is 5.41 Å². The van der Waals surface area contributed by atoms with Crippen molar-refractivity contribution < 1.29 is 0 Å². The number of nitrogens with zero attached hydrogens (tertiary/aromatic N) is 1. The molecule has 1 aromatic rings. The number of anilines is 1. The average Bonchev–Trinajstić information content (AvgIpc) is 3.10. The minimum absolute atomic E-state index is 0.172. The molecule has 1 aliphatic carbocycles. The Bertz CT molecular complexity index is 421. The van der Waals surface area contributed by atoms with Crippen molar-refractivity contribution in [2.75, 3.05) is 11.4 Å². The van der Waals surface area contributed by atoms with E-state index < -0.39 is 0 Å². The highest BCUT2D eigenvalue weighted by Gasteiger charge is 2.30. The Morgan fingerprint density at radius 2 is 2.18 bits per heavy atom. The average molecular weight is 231 g/mol. The Morgan fingerprint density at radius 3 is 2.71 bits per heavy atom. The van der Waals surface area contributed by atoms with E-state index in [2.05, 4.69) is 24.0 Å².